The molecule has 0 fully saturated rings. The van der Waals surface area contributed by atoms with Gasteiger partial charge in [0.1, 0.15) is 0 Å². The van der Waals surface area contributed by atoms with Crippen LogP contribution in [0, 0.1) is 13.8 Å². The Kier molecular flexibility index (Phi) is 13.7. The summed E-state index contributed by atoms with van der Waals surface area (Å²) in [7, 11) is 0. The molecule has 4 aromatic carbocycles. The van der Waals surface area contributed by atoms with E-state index in [-0.39, 0.29) is 0 Å². The van der Waals surface area contributed by atoms with Gasteiger partial charge in [-0.1, -0.05) is 162 Å². The summed E-state index contributed by atoms with van der Waals surface area (Å²) in [6, 6.07) is 30.3. The van der Waals surface area contributed by atoms with E-state index in [1.807, 2.05) is 41.5 Å². The molecule has 0 bridgehead atoms. The smallest absolute Gasteiger partial charge is 0.0105 e. The van der Waals surface area contributed by atoms with Crippen molar-refractivity contribution >= 4 is 35.1 Å². The molecule has 0 N–H and O–H groups in total. The lowest BCUT2D eigenvalue weighted by Gasteiger charge is -2.08. The van der Waals surface area contributed by atoms with Crippen LogP contribution in [0.1, 0.15) is 74.9 Å². The second kappa shape index (κ2) is 16.3. The second-order valence-corrected chi connectivity index (χ2v) is 7.28. The van der Waals surface area contributed by atoms with Crippen molar-refractivity contribution in [2.75, 3.05) is 0 Å². The lowest BCUT2D eigenvalue weighted by molar-refractivity contribution is 1.46. The average Bonchev–Trinajstić information content (AvgIpc) is 2.91. The molecule has 0 nitrogen and oxygen atoms in total. The summed E-state index contributed by atoms with van der Waals surface area (Å²) in [5.41, 5.74) is 7.47. The molecule has 0 saturated heterocycles. The Morgan fingerprint density at radius 3 is 1.44 bits per heavy atom. The highest BCUT2D eigenvalue weighted by molar-refractivity contribution is 5.97. The highest BCUT2D eigenvalue weighted by Crippen LogP contribution is 2.26. The van der Waals surface area contributed by atoms with Gasteiger partial charge < -0.3 is 0 Å². The van der Waals surface area contributed by atoms with E-state index >= 15 is 0 Å². The molecule has 0 heteroatoms. The summed E-state index contributed by atoms with van der Waals surface area (Å²) in [6.45, 7) is 16.2. The number of aryl methyl sites for hydroxylation is 2. The predicted octanol–water partition coefficient (Wildman–Crippen LogP) is 10.9. The molecular weight excluding hydrogens is 408 g/mol. The molecule has 0 heterocycles. The predicted molar refractivity (Wildman–Crippen MR) is 158 cm³/mol. The zero-order valence-electron chi connectivity index (χ0n) is 22.4. The van der Waals surface area contributed by atoms with Gasteiger partial charge in [-0.3, -0.25) is 0 Å². The third-order valence-electron chi connectivity index (χ3n) is 5.06. The third kappa shape index (κ3) is 8.52. The summed E-state index contributed by atoms with van der Waals surface area (Å²) < 4.78 is 0. The Bertz CT molecular complexity index is 1140. The lowest BCUT2D eigenvalue weighted by Crippen LogP contribution is -1.85. The van der Waals surface area contributed by atoms with Gasteiger partial charge in [-0.05, 0) is 46.9 Å². The van der Waals surface area contributed by atoms with E-state index < -0.39 is 0 Å². The first-order valence-corrected chi connectivity index (χ1v) is 12.7. The SMILES string of the molecule is CC.CC.CC.Cc1ccc(/C=C\c2ccc3ccccc3c2/C=C\c2ccc(C)cc2)cc1. The van der Waals surface area contributed by atoms with E-state index in [4.69, 9.17) is 0 Å². The Labute approximate surface area is 208 Å². The van der Waals surface area contributed by atoms with Crippen LogP contribution in [0.4, 0.5) is 0 Å². The van der Waals surface area contributed by atoms with Crippen molar-refractivity contribution in [3.8, 4) is 0 Å². The Morgan fingerprint density at radius 2 is 0.912 bits per heavy atom. The fourth-order valence-corrected chi connectivity index (χ4v) is 3.36. The van der Waals surface area contributed by atoms with E-state index in [2.05, 4.69) is 123 Å². The second-order valence-electron chi connectivity index (χ2n) is 7.28. The number of fused-ring (bicyclic) bond motifs is 1. The van der Waals surface area contributed by atoms with Crippen molar-refractivity contribution in [1.82, 2.24) is 0 Å². The molecule has 178 valence electrons. The first kappa shape index (κ1) is 28.7. The molecule has 0 aliphatic heterocycles. The molecule has 4 rings (SSSR count). The van der Waals surface area contributed by atoms with Crippen molar-refractivity contribution in [1.29, 1.82) is 0 Å². The van der Waals surface area contributed by atoms with Gasteiger partial charge in [0.15, 0.2) is 0 Å². The van der Waals surface area contributed by atoms with Crippen LogP contribution in [0.15, 0.2) is 84.9 Å². The summed E-state index contributed by atoms with van der Waals surface area (Å²) >= 11 is 0. The first-order valence-electron chi connectivity index (χ1n) is 12.7. The van der Waals surface area contributed by atoms with Crippen molar-refractivity contribution in [3.63, 3.8) is 0 Å². The van der Waals surface area contributed by atoms with Crippen LogP contribution in [-0.4, -0.2) is 0 Å². The number of rotatable bonds is 4. The van der Waals surface area contributed by atoms with E-state index in [0.717, 1.165) is 0 Å². The quantitative estimate of drug-likeness (QED) is 0.271. The van der Waals surface area contributed by atoms with Gasteiger partial charge >= 0.3 is 0 Å². The molecule has 0 aliphatic rings. The Balaban J connectivity index is 0.000000894. The van der Waals surface area contributed by atoms with Gasteiger partial charge in [0, 0.05) is 0 Å². The lowest BCUT2D eigenvalue weighted by atomic mass is 9.97. The van der Waals surface area contributed by atoms with Crippen LogP contribution in [0.25, 0.3) is 35.1 Å². The highest BCUT2D eigenvalue weighted by atomic mass is 14.1. The third-order valence-corrected chi connectivity index (χ3v) is 5.06. The molecule has 0 amide bonds. The average molecular weight is 451 g/mol. The molecule has 0 saturated carbocycles. The zero-order chi connectivity index (χ0) is 25.3. The van der Waals surface area contributed by atoms with Crippen LogP contribution in [-0.2, 0) is 0 Å². The maximum absolute atomic E-state index is 2.24. The minimum Gasteiger partial charge on any atom is -0.0683 e. The summed E-state index contributed by atoms with van der Waals surface area (Å²) in [5.74, 6) is 0. The molecule has 0 aliphatic carbocycles. The Morgan fingerprint density at radius 1 is 0.441 bits per heavy atom. The Hall–Kier alpha value is -3.38. The fourth-order valence-electron chi connectivity index (χ4n) is 3.36. The molecule has 0 spiro atoms. The molecule has 0 unspecified atom stereocenters. The molecule has 4 aromatic rings. The number of benzene rings is 4. The van der Waals surface area contributed by atoms with Gasteiger partial charge in [-0.25, -0.2) is 0 Å². The minimum absolute atomic E-state index is 1.21. The standard InChI is InChI=1S/C28H24.3C2H6/c1-21-7-11-23(12-8-21)15-17-26-19-18-25-5-3-4-6-27(25)28(26)20-16-24-13-9-22(2)10-14-24;3*1-2/h3-20H,1-2H3;3*1-2H3/b17-15-,20-16-;;;. The van der Waals surface area contributed by atoms with Crippen LogP contribution in [0.5, 0.6) is 0 Å². The normalized spacial score (nSPS) is 10.1. The zero-order valence-corrected chi connectivity index (χ0v) is 22.4. The van der Waals surface area contributed by atoms with Crippen LogP contribution in [0.2, 0.25) is 0 Å². The molecule has 0 atom stereocenters. The van der Waals surface area contributed by atoms with Crippen LogP contribution < -0.4 is 0 Å². The van der Waals surface area contributed by atoms with E-state index in [9.17, 15) is 0 Å². The number of hydrogen-bond acceptors (Lipinski definition) is 0. The maximum atomic E-state index is 2.24. The summed E-state index contributed by atoms with van der Waals surface area (Å²) in [5, 5.41) is 2.54. The van der Waals surface area contributed by atoms with Crippen molar-refractivity contribution in [2.45, 2.75) is 55.4 Å². The fraction of sp³-hybridized carbons (Fsp3) is 0.235. The van der Waals surface area contributed by atoms with Gasteiger partial charge in [-0.2, -0.15) is 0 Å². The maximum Gasteiger partial charge on any atom is -0.0105 e. The van der Waals surface area contributed by atoms with E-state index in [0.29, 0.717) is 0 Å². The monoisotopic (exact) mass is 450 g/mol. The van der Waals surface area contributed by atoms with Gasteiger partial charge in [0.05, 0.1) is 0 Å². The van der Waals surface area contributed by atoms with Crippen molar-refractivity contribution in [2.24, 2.45) is 0 Å². The van der Waals surface area contributed by atoms with Gasteiger partial charge in [0.2, 0.25) is 0 Å². The first-order chi connectivity index (χ1) is 16.7. The molecule has 0 aromatic heterocycles. The van der Waals surface area contributed by atoms with Crippen LogP contribution >= 0.6 is 0 Å². The van der Waals surface area contributed by atoms with Crippen molar-refractivity contribution in [3.05, 3.63) is 118 Å². The van der Waals surface area contributed by atoms with Gasteiger partial charge in [0.25, 0.3) is 0 Å². The molecule has 0 radical (unpaired) electrons. The van der Waals surface area contributed by atoms with E-state index in [1.54, 1.807) is 0 Å². The summed E-state index contributed by atoms with van der Waals surface area (Å²) in [6.07, 6.45) is 8.84. The topological polar surface area (TPSA) is 0 Å². The van der Waals surface area contributed by atoms with Crippen molar-refractivity contribution < 1.29 is 0 Å². The molecule has 34 heavy (non-hydrogen) atoms. The molecular formula is C34H42. The largest absolute Gasteiger partial charge is 0.0683 e. The summed E-state index contributed by atoms with van der Waals surface area (Å²) in [4.78, 5) is 0. The van der Waals surface area contributed by atoms with Crippen LogP contribution in [0.3, 0.4) is 0 Å². The van der Waals surface area contributed by atoms with Gasteiger partial charge in [-0.15, -0.1) is 0 Å². The highest BCUT2D eigenvalue weighted by Gasteiger charge is 2.03. The van der Waals surface area contributed by atoms with E-state index in [1.165, 1.54) is 44.2 Å². The minimum atomic E-state index is 1.21. The number of hydrogen-bond donors (Lipinski definition) is 0.